The first-order valence-corrected chi connectivity index (χ1v) is 8.31. The average Bonchev–Trinajstić information content (AvgIpc) is 2.87. The fraction of sp³-hybridized carbons (Fsp3) is 0.125. The molecule has 3 rings (SSSR count). The normalized spacial score (nSPS) is 11.7. The van der Waals surface area contributed by atoms with Crippen molar-refractivity contribution in [1.82, 2.24) is 4.57 Å². The third-order valence-electron chi connectivity index (χ3n) is 3.81. The number of fused-ring (bicyclic) bond motifs is 1. The summed E-state index contributed by atoms with van der Waals surface area (Å²) in [6.07, 6.45) is 1.90. The van der Waals surface area contributed by atoms with Crippen molar-refractivity contribution in [1.29, 1.82) is 0 Å². The van der Waals surface area contributed by atoms with Crippen molar-refractivity contribution in [3.05, 3.63) is 48.7 Å². The van der Waals surface area contributed by atoms with Gasteiger partial charge in [0.1, 0.15) is 16.4 Å². The second-order valence-corrected chi connectivity index (χ2v) is 7.23. The molecule has 0 aliphatic heterocycles. The Bertz CT molecular complexity index is 992. The molecule has 0 atom stereocenters. The van der Waals surface area contributed by atoms with Gasteiger partial charge in [-0.1, -0.05) is 0 Å². The summed E-state index contributed by atoms with van der Waals surface area (Å²) in [6, 6.07) is 10.6. The Morgan fingerprint density at radius 3 is 2.48 bits per heavy atom. The van der Waals surface area contributed by atoms with E-state index in [-0.39, 0.29) is 10.6 Å². The Hall–Kier alpha value is -2.67. The summed E-state index contributed by atoms with van der Waals surface area (Å²) in [6.45, 7) is 0. The summed E-state index contributed by atoms with van der Waals surface area (Å²) in [5, 5.41) is 20.1. The number of aryl methyl sites for hydroxylation is 1. The van der Waals surface area contributed by atoms with Crippen LogP contribution in [0.5, 0.6) is 11.5 Å². The molecule has 0 unspecified atom stereocenters. The Kier molecular flexibility index (Phi) is 3.45. The molecular weight excluding hydrogens is 316 g/mol. The first kappa shape index (κ1) is 15.2. The van der Waals surface area contributed by atoms with Crippen LogP contribution >= 0.6 is 0 Å². The van der Waals surface area contributed by atoms with E-state index in [1.165, 1.54) is 19.2 Å². The Morgan fingerprint density at radius 2 is 1.78 bits per heavy atom. The lowest BCUT2D eigenvalue weighted by Gasteiger charge is -2.20. The lowest BCUT2D eigenvalue weighted by molar-refractivity contribution is 0.439. The minimum absolute atomic E-state index is 0.199. The lowest BCUT2D eigenvalue weighted by Crippen LogP contribution is -2.26. The van der Waals surface area contributed by atoms with Crippen LogP contribution in [0.4, 0.5) is 5.69 Å². The zero-order valence-corrected chi connectivity index (χ0v) is 13.4. The van der Waals surface area contributed by atoms with Crippen LogP contribution in [0.1, 0.15) is 0 Å². The van der Waals surface area contributed by atoms with Gasteiger partial charge in [-0.3, -0.25) is 4.31 Å². The number of hydrogen-bond donors (Lipinski definition) is 2. The van der Waals surface area contributed by atoms with Crippen molar-refractivity contribution < 1.29 is 18.6 Å². The van der Waals surface area contributed by atoms with Crippen LogP contribution in [-0.4, -0.2) is 30.2 Å². The second kappa shape index (κ2) is 5.20. The third-order valence-corrected chi connectivity index (χ3v) is 5.65. The highest BCUT2D eigenvalue weighted by Gasteiger charge is 2.25. The Balaban J connectivity index is 2.07. The largest absolute Gasteiger partial charge is 0.508 e. The molecule has 0 bridgehead atoms. The molecule has 2 N–H and O–H groups in total. The van der Waals surface area contributed by atoms with Crippen LogP contribution in [0.3, 0.4) is 0 Å². The molecule has 6 nitrogen and oxygen atoms in total. The van der Waals surface area contributed by atoms with E-state index in [1.54, 1.807) is 12.1 Å². The van der Waals surface area contributed by atoms with Gasteiger partial charge in [0.2, 0.25) is 0 Å². The molecule has 0 aliphatic rings. The van der Waals surface area contributed by atoms with Crippen molar-refractivity contribution in [2.45, 2.75) is 4.90 Å². The zero-order valence-electron chi connectivity index (χ0n) is 12.6. The van der Waals surface area contributed by atoms with E-state index < -0.39 is 15.8 Å². The minimum Gasteiger partial charge on any atom is -0.508 e. The van der Waals surface area contributed by atoms with Gasteiger partial charge in [0.15, 0.2) is 0 Å². The number of phenolic OH excluding ortho intramolecular Hbond substituents is 2. The monoisotopic (exact) mass is 332 g/mol. The third kappa shape index (κ3) is 2.49. The molecular formula is C16H16N2O4S. The molecule has 7 heteroatoms. The van der Waals surface area contributed by atoms with E-state index in [0.29, 0.717) is 5.69 Å². The predicted octanol–water partition coefficient (Wildman–Crippen LogP) is 2.41. The molecule has 3 aromatic rings. The number of benzene rings is 2. The van der Waals surface area contributed by atoms with Gasteiger partial charge >= 0.3 is 0 Å². The lowest BCUT2D eigenvalue weighted by atomic mass is 10.2. The van der Waals surface area contributed by atoms with Gasteiger partial charge in [0, 0.05) is 37.3 Å². The van der Waals surface area contributed by atoms with Crippen LogP contribution in [0.25, 0.3) is 10.9 Å². The van der Waals surface area contributed by atoms with Crippen LogP contribution in [0, 0.1) is 0 Å². The number of anilines is 1. The Labute approximate surface area is 133 Å². The maximum atomic E-state index is 12.7. The fourth-order valence-electron chi connectivity index (χ4n) is 2.48. The van der Waals surface area contributed by atoms with Gasteiger partial charge in [0.25, 0.3) is 10.0 Å². The van der Waals surface area contributed by atoms with E-state index in [1.807, 2.05) is 29.9 Å². The van der Waals surface area contributed by atoms with Crippen molar-refractivity contribution in [3.63, 3.8) is 0 Å². The SMILES string of the molecule is CN(c1ccc2c(ccn2C)c1)S(=O)(=O)c1ccc(O)cc1O. The second-order valence-electron chi connectivity index (χ2n) is 5.29. The van der Waals surface area contributed by atoms with Crippen molar-refractivity contribution in [3.8, 4) is 11.5 Å². The quantitative estimate of drug-likeness (QED) is 0.771. The Morgan fingerprint density at radius 1 is 1.04 bits per heavy atom. The first-order chi connectivity index (χ1) is 10.8. The molecule has 0 radical (unpaired) electrons. The van der Waals surface area contributed by atoms with Crippen molar-refractivity contribution in [2.75, 3.05) is 11.4 Å². The predicted molar refractivity (Wildman–Crippen MR) is 88.3 cm³/mol. The average molecular weight is 332 g/mol. The highest BCUT2D eigenvalue weighted by Crippen LogP contribution is 2.32. The summed E-state index contributed by atoms with van der Waals surface area (Å²) < 4.78 is 28.4. The molecule has 23 heavy (non-hydrogen) atoms. The van der Waals surface area contributed by atoms with Crippen LogP contribution < -0.4 is 4.31 Å². The number of rotatable bonds is 3. The molecule has 0 fully saturated rings. The summed E-state index contributed by atoms with van der Waals surface area (Å²) in [4.78, 5) is -0.258. The fourth-order valence-corrected chi connectivity index (χ4v) is 3.72. The summed E-state index contributed by atoms with van der Waals surface area (Å²) in [5.74, 6) is -0.688. The topological polar surface area (TPSA) is 82.8 Å². The molecule has 120 valence electrons. The van der Waals surface area contributed by atoms with Crippen LogP contribution in [0.15, 0.2) is 53.6 Å². The van der Waals surface area contributed by atoms with E-state index in [9.17, 15) is 18.6 Å². The number of nitrogens with zero attached hydrogens (tertiary/aromatic N) is 2. The highest BCUT2D eigenvalue weighted by molar-refractivity contribution is 7.92. The molecule has 0 amide bonds. The summed E-state index contributed by atoms with van der Waals surface area (Å²) in [5.41, 5.74) is 1.48. The zero-order chi connectivity index (χ0) is 16.8. The number of aromatic hydroxyl groups is 2. The van der Waals surface area contributed by atoms with E-state index >= 15 is 0 Å². The maximum Gasteiger partial charge on any atom is 0.267 e. The van der Waals surface area contributed by atoms with E-state index in [4.69, 9.17) is 0 Å². The van der Waals surface area contributed by atoms with Gasteiger partial charge in [-0.15, -0.1) is 0 Å². The maximum absolute atomic E-state index is 12.7. The number of aromatic nitrogens is 1. The molecule has 1 aromatic heterocycles. The molecule has 0 saturated heterocycles. The minimum atomic E-state index is -3.94. The van der Waals surface area contributed by atoms with Crippen molar-refractivity contribution in [2.24, 2.45) is 7.05 Å². The smallest absolute Gasteiger partial charge is 0.267 e. The van der Waals surface area contributed by atoms with E-state index in [0.717, 1.165) is 21.3 Å². The molecule has 0 aliphatic carbocycles. The standard InChI is InChI=1S/C16H16N2O4S/c1-17-8-7-11-9-12(3-5-14(11)17)18(2)23(21,22)16-6-4-13(19)10-15(16)20/h3-10,19-20H,1-2H3. The molecule has 0 saturated carbocycles. The highest BCUT2D eigenvalue weighted by atomic mass is 32.2. The van der Waals surface area contributed by atoms with Gasteiger partial charge in [-0.05, 0) is 36.4 Å². The van der Waals surface area contributed by atoms with Crippen LogP contribution in [-0.2, 0) is 17.1 Å². The van der Waals surface area contributed by atoms with Gasteiger partial charge in [0.05, 0.1) is 5.69 Å². The number of phenols is 2. The van der Waals surface area contributed by atoms with Crippen molar-refractivity contribution >= 4 is 26.6 Å². The van der Waals surface area contributed by atoms with E-state index in [2.05, 4.69) is 0 Å². The summed E-state index contributed by atoms with van der Waals surface area (Å²) >= 11 is 0. The molecule has 1 heterocycles. The number of hydrogen-bond acceptors (Lipinski definition) is 4. The first-order valence-electron chi connectivity index (χ1n) is 6.87. The summed E-state index contributed by atoms with van der Waals surface area (Å²) in [7, 11) is -0.600. The van der Waals surface area contributed by atoms with Crippen LogP contribution in [0.2, 0.25) is 0 Å². The number of sulfonamides is 1. The van der Waals surface area contributed by atoms with Gasteiger partial charge in [-0.25, -0.2) is 8.42 Å². The molecule has 0 spiro atoms. The van der Waals surface area contributed by atoms with Gasteiger partial charge < -0.3 is 14.8 Å². The molecule has 2 aromatic carbocycles. The van der Waals surface area contributed by atoms with Gasteiger partial charge in [-0.2, -0.15) is 0 Å².